The lowest BCUT2D eigenvalue weighted by atomic mass is 10.3. The summed E-state index contributed by atoms with van der Waals surface area (Å²) in [5.74, 6) is 0. The van der Waals surface area contributed by atoms with Gasteiger partial charge in [0.1, 0.15) is 5.39 Å². The third-order valence-corrected chi connectivity index (χ3v) is 1.80. The van der Waals surface area contributed by atoms with E-state index in [1.807, 2.05) is 27.7 Å². The normalized spacial score (nSPS) is 8.88. The van der Waals surface area contributed by atoms with Gasteiger partial charge in [-0.25, -0.2) is 9.67 Å². The minimum absolute atomic E-state index is 0.134. The molecule has 16 heavy (non-hydrogen) atoms. The molecule has 2 rings (SSSR count). The van der Waals surface area contributed by atoms with Crippen molar-refractivity contribution >= 4 is 11.0 Å². The number of aromatic nitrogens is 4. The van der Waals surface area contributed by atoms with Gasteiger partial charge in [-0.1, -0.05) is 27.7 Å². The zero-order valence-corrected chi connectivity index (χ0v) is 10.8. The van der Waals surface area contributed by atoms with Crippen LogP contribution in [0.5, 0.6) is 0 Å². The van der Waals surface area contributed by atoms with Gasteiger partial charge in [-0.3, -0.25) is 4.79 Å². The van der Waals surface area contributed by atoms with E-state index in [1.54, 1.807) is 18.7 Å². The molecule has 0 amide bonds. The zero-order chi connectivity index (χ0) is 12.7. The van der Waals surface area contributed by atoms with Crippen LogP contribution in [0.2, 0.25) is 0 Å². The Kier molecular flexibility index (Phi) is 6.07. The molecule has 0 aliphatic carbocycles. The van der Waals surface area contributed by atoms with E-state index in [9.17, 15) is 4.79 Å². The number of rotatable bonds is 0. The molecule has 1 N–H and O–H groups in total. The molecule has 0 unspecified atom stereocenters. The second kappa shape index (κ2) is 6.76. The fraction of sp³-hybridized carbons (Fsp3) is 0.545. The molecule has 0 bridgehead atoms. The topological polar surface area (TPSA) is 63.6 Å². The number of fused-ring (bicyclic) bond motifs is 1. The first kappa shape index (κ1) is 14.3. The monoisotopic (exact) mass is 224 g/mol. The minimum atomic E-state index is -0.134. The van der Waals surface area contributed by atoms with E-state index in [1.165, 1.54) is 6.33 Å². The van der Waals surface area contributed by atoms with E-state index in [0.717, 1.165) is 0 Å². The highest BCUT2D eigenvalue weighted by molar-refractivity contribution is 5.76. The molecule has 0 atom stereocenters. The summed E-state index contributed by atoms with van der Waals surface area (Å²) >= 11 is 0. The molecule has 0 aliphatic rings. The highest BCUT2D eigenvalue weighted by Gasteiger charge is 2.07. The van der Waals surface area contributed by atoms with Gasteiger partial charge in [0, 0.05) is 7.05 Å². The Morgan fingerprint density at radius 1 is 1.25 bits per heavy atom. The Morgan fingerprint density at radius 3 is 2.31 bits per heavy atom. The van der Waals surface area contributed by atoms with Crippen LogP contribution in [0.25, 0.3) is 11.0 Å². The average Bonchev–Trinajstić information content (AvgIpc) is 2.61. The van der Waals surface area contributed by atoms with Gasteiger partial charge in [0.25, 0.3) is 5.56 Å². The Balaban J connectivity index is 0.000000509. The van der Waals surface area contributed by atoms with Crippen LogP contribution in [0.1, 0.15) is 33.4 Å². The first-order chi connectivity index (χ1) is 7.70. The van der Waals surface area contributed by atoms with Crippen LogP contribution in [0.3, 0.4) is 0 Å². The molecule has 5 nitrogen and oxygen atoms in total. The van der Waals surface area contributed by atoms with Crippen LogP contribution >= 0.6 is 0 Å². The lowest BCUT2D eigenvalue weighted by Gasteiger charge is -1.89. The molecule has 0 saturated carbocycles. The van der Waals surface area contributed by atoms with Crippen LogP contribution in [0.15, 0.2) is 11.1 Å². The molecule has 0 aliphatic heterocycles. The Labute approximate surface area is 95.5 Å². The van der Waals surface area contributed by atoms with Gasteiger partial charge in [-0.2, -0.15) is 5.10 Å². The highest BCUT2D eigenvalue weighted by Crippen LogP contribution is 2.07. The largest absolute Gasteiger partial charge is 0.312 e. The van der Waals surface area contributed by atoms with Crippen LogP contribution in [-0.2, 0) is 7.05 Å². The summed E-state index contributed by atoms with van der Waals surface area (Å²) in [6.45, 7) is 9.79. The third kappa shape index (κ3) is 2.68. The van der Waals surface area contributed by atoms with Crippen molar-refractivity contribution in [1.82, 2.24) is 19.7 Å². The maximum Gasteiger partial charge on any atom is 0.262 e. The van der Waals surface area contributed by atoms with Gasteiger partial charge >= 0.3 is 0 Å². The molecule has 2 aromatic heterocycles. The Hall–Kier alpha value is -1.65. The Bertz CT molecular complexity index is 484. The minimum Gasteiger partial charge on any atom is -0.312 e. The number of nitrogens with one attached hydrogen (secondary N) is 1. The molecule has 0 aromatic carbocycles. The second-order valence-corrected chi connectivity index (χ2v) is 2.64. The van der Waals surface area contributed by atoms with Crippen LogP contribution in [-0.4, -0.2) is 19.7 Å². The molecule has 0 spiro atoms. The number of hydrogen-bond donors (Lipinski definition) is 1. The lowest BCUT2D eigenvalue weighted by molar-refractivity contribution is 0.773. The van der Waals surface area contributed by atoms with E-state index < -0.39 is 0 Å². The summed E-state index contributed by atoms with van der Waals surface area (Å²) in [7, 11) is 1.77. The molecule has 5 heteroatoms. The maximum absolute atomic E-state index is 11.3. The lowest BCUT2D eigenvalue weighted by Crippen LogP contribution is -2.06. The van der Waals surface area contributed by atoms with Crippen LogP contribution in [0.4, 0.5) is 0 Å². The molecule has 90 valence electrons. The van der Waals surface area contributed by atoms with Gasteiger partial charge < -0.3 is 4.98 Å². The van der Waals surface area contributed by atoms with Crippen molar-refractivity contribution in [3.05, 3.63) is 22.4 Å². The summed E-state index contributed by atoms with van der Waals surface area (Å²) in [5.41, 5.74) is 1.20. The molecular formula is C11H20N4O. The van der Waals surface area contributed by atoms with E-state index in [2.05, 4.69) is 15.1 Å². The molecule has 0 saturated heterocycles. The summed E-state index contributed by atoms with van der Waals surface area (Å²) < 4.78 is 1.60. The van der Waals surface area contributed by atoms with Crippen molar-refractivity contribution in [1.29, 1.82) is 0 Å². The zero-order valence-electron chi connectivity index (χ0n) is 10.8. The molecular weight excluding hydrogens is 204 g/mol. The van der Waals surface area contributed by atoms with Gasteiger partial charge in [-0.15, -0.1) is 0 Å². The van der Waals surface area contributed by atoms with Gasteiger partial charge in [0.15, 0.2) is 5.65 Å². The van der Waals surface area contributed by atoms with Gasteiger partial charge in [0.05, 0.1) is 12.0 Å². The van der Waals surface area contributed by atoms with Crippen molar-refractivity contribution in [2.24, 2.45) is 7.05 Å². The first-order valence-corrected chi connectivity index (χ1v) is 5.57. The van der Waals surface area contributed by atoms with Crippen molar-refractivity contribution in [3.63, 3.8) is 0 Å². The fourth-order valence-corrected chi connectivity index (χ4v) is 1.28. The highest BCUT2D eigenvalue weighted by atomic mass is 16.1. The SMILES string of the molecule is CC.CC.Cc1nn(C)c2nc[nH]c(=O)c12. The number of H-pyrrole nitrogens is 1. The van der Waals surface area contributed by atoms with Crippen molar-refractivity contribution in [3.8, 4) is 0 Å². The number of hydrogen-bond acceptors (Lipinski definition) is 3. The quantitative estimate of drug-likeness (QED) is 0.744. The second-order valence-electron chi connectivity index (χ2n) is 2.64. The molecule has 0 fully saturated rings. The van der Waals surface area contributed by atoms with Crippen LogP contribution in [0, 0.1) is 6.92 Å². The van der Waals surface area contributed by atoms with E-state index in [0.29, 0.717) is 16.7 Å². The third-order valence-electron chi connectivity index (χ3n) is 1.80. The van der Waals surface area contributed by atoms with E-state index >= 15 is 0 Å². The maximum atomic E-state index is 11.3. The van der Waals surface area contributed by atoms with Gasteiger partial charge in [-0.05, 0) is 6.92 Å². The first-order valence-electron chi connectivity index (χ1n) is 5.57. The fourth-order valence-electron chi connectivity index (χ4n) is 1.28. The summed E-state index contributed by atoms with van der Waals surface area (Å²) in [5, 5.41) is 4.65. The van der Waals surface area contributed by atoms with Crippen molar-refractivity contribution < 1.29 is 0 Å². The average molecular weight is 224 g/mol. The number of aryl methyl sites for hydroxylation is 2. The van der Waals surface area contributed by atoms with Crippen LogP contribution < -0.4 is 5.56 Å². The summed E-state index contributed by atoms with van der Waals surface area (Å²) in [6, 6.07) is 0. The van der Waals surface area contributed by atoms with Gasteiger partial charge in [0.2, 0.25) is 0 Å². The van der Waals surface area contributed by atoms with E-state index in [4.69, 9.17) is 0 Å². The summed E-state index contributed by atoms with van der Waals surface area (Å²) in [6.07, 6.45) is 1.38. The van der Waals surface area contributed by atoms with Crippen molar-refractivity contribution in [2.45, 2.75) is 34.6 Å². The standard InChI is InChI=1S/C7H8N4O.2C2H6/c1-4-5-6(11(2)10-4)8-3-9-7(5)12;2*1-2/h3H,1-2H3,(H,8,9,12);2*1-2H3. The molecule has 0 radical (unpaired) electrons. The Morgan fingerprint density at radius 2 is 1.81 bits per heavy atom. The van der Waals surface area contributed by atoms with Crippen molar-refractivity contribution in [2.75, 3.05) is 0 Å². The van der Waals surface area contributed by atoms with E-state index in [-0.39, 0.29) is 5.56 Å². The predicted molar refractivity (Wildman–Crippen MR) is 66.6 cm³/mol. The summed E-state index contributed by atoms with van der Waals surface area (Å²) in [4.78, 5) is 17.8. The number of nitrogens with zero attached hydrogens (tertiary/aromatic N) is 3. The molecule has 2 heterocycles. The predicted octanol–water partition coefficient (Wildman–Crippen LogP) is 2.02. The number of aromatic amines is 1. The smallest absolute Gasteiger partial charge is 0.262 e. The molecule has 2 aromatic rings.